The zero-order valence-electron chi connectivity index (χ0n) is 13.4. The molecule has 0 bridgehead atoms. The lowest BCUT2D eigenvalue weighted by Crippen LogP contribution is -2.19. The molecule has 0 amide bonds. The van der Waals surface area contributed by atoms with E-state index in [9.17, 15) is 17.6 Å². The molecular weight excluding hydrogens is 451 g/mol. The number of hydrogen-bond acceptors (Lipinski definition) is 9. The molecule has 0 fully saturated rings. The van der Waals surface area contributed by atoms with Crippen molar-refractivity contribution in [2.24, 2.45) is 5.14 Å². The van der Waals surface area contributed by atoms with Crippen molar-refractivity contribution in [1.82, 2.24) is 20.0 Å². The van der Waals surface area contributed by atoms with Gasteiger partial charge in [-0.2, -0.15) is 0 Å². The molecule has 0 unspecified atom stereocenters. The van der Waals surface area contributed by atoms with Crippen LogP contribution in [0.5, 0.6) is 0 Å². The van der Waals surface area contributed by atoms with Gasteiger partial charge in [0.2, 0.25) is 21.7 Å². The van der Waals surface area contributed by atoms with Crippen molar-refractivity contribution in [3.63, 3.8) is 0 Å². The Balaban J connectivity index is 1.89. The Kier molecular flexibility index (Phi) is 5.38. The van der Waals surface area contributed by atoms with Crippen molar-refractivity contribution < 1.29 is 22.0 Å². The number of hydrogen-bond donors (Lipinski definition) is 2. The molecule has 0 saturated heterocycles. The highest BCUT2D eigenvalue weighted by atomic mass is 79.9. The fraction of sp³-hybridized carbons (Fsp3) is 0.231. The van der Waals surface area contributed by atoms with E-state index in [-0.39, 0.29) is 46.2 Å². The number of aromatic nitrogens is 4. The molecule has 0 atom stereocenters. The molecule has 27 heavy (non-hydrogen) atoms. The molecule has 0 aliphatic carbocycles. The summed E-state index contributed by atoms with van der Waals surface area (Å²) in [6, 6.07) is 3.88. The van der Waals surface area contributed by atoms with Crippen molar-refractivity contribution >= 4 is 31.8 Å². The van der Waals surface area contributed by atoms with Crippen molar-refractivity contribution in [2.75, 3.05) is 17.6 Å². The minimum Gasteiger partial charge on any atom is -0.365 e. The SMILES string of the molecule is NS(=O)(=O)CCCNc1nonc1-c1noc(=O)n1-c1ccc(F)c(Br)c1. The van der Waals surface area contributed by atoms with Crippen LogP contribution in [0.3, 0.4) is 0 Å². The average Bonchev–Trinajstić information content (AvgIpc) is 3.19. The predicted octanol–water partition coefficient (Wildman–Crippen LogP) is 0.868. The van der Waals surface area contributed by atoms with Gasteiger partial charge in [0.1, 0.15) is 5.82 Å². The minimum atomic E-state index is -3.58. The lowest BCUT2D eigenvalue weighted by atomic mass is 10.3. The first-order valence-corrected chi connectivity index (χ1v) is 9.88. The van der Waals surface area contributed by atoms with E-state index in [0.29, 0.717) is 0 Å². The van der Waals surface area contributed by atoms with Gasteiger partial charge < -0.3 is 5.32 Å². The second-order valence-electron chi connectivity index (χ2n) is 5.31. The van der Waals surface area contributed by atoms with Gasteiger partial charge in [-0.25, -0.2) is 31.9 Å². The fourth-order valence-corrected chi connectivity index (χ4v) is 3.10. The maximum absolute atomic E-state index is 13.5. The van der Waals surface area contributed by atoms with Crippen LogP contribution in [0.15, 0.2) is 36.6 Å². The van der Waals surface area contributed by atoms with E-state index in [4.69, 9.17) is 5.14 Å². The largest absolute Gasteiger partial charge is 0.446 e. The van der Waals surface area contributed by atoms with Crippen LogP contribution in [-0.2, 0) is 10.0 Å². The van der Waals surface area contributed by atoms with E-state index in [1.165, 1.54) is 12.1 Å². The molecule has 144 valence electrons. The summed E-state index contributed by atoms with van der Waals surface area (Å²) < 4.78 is 45.9. The lowest BCUT2D eigenvalue weighted by molar-refractivity contribution is 0.309. The highest BCUT2D eigenvalue weighted by Gasteiger charge is 2.23. The molecule has 2 aromatic heterocycles. The van der Waals surface area contributed by atoms with Gasteiger partial charge in [-0.1, -0.05) is 5.16 Å². The molecule has 0 aliphatic rings. The lowest BCUT2D eigenvalue weighted by Gasteiger charge is -2.05. The number of rotatable bonds is 7. The summed E-state index contributed by atoms with van der Waals surface area (Å²) in [6.07, 6.45) is 0.210. The van der Waals surface area contributed by atoms with Crippen LogP contribution in [0.1, 0.15) is 6.42 Å². The normalized spacial score (nSPS) is 11.7. The first-order chi connectivity index (χ1) is 12.8. The third-order valence-corrected chi connectivity index (χ3v) is 4.83. The zero-order chi connectivity index (χ0) is 19.6. The summed E-state index contributed by atoms with van der Waals surface area (Å²) in [6.45, 7) is 0.196. The Bertz CT molecular complexity index is 1120. The van der Waals surface area contributed by atoms with E-state index in [1.807, 2.05) is 0 Å². The maximum atomic E-state index is 13.5. The average molecular weight is 463 g/mol. The first-order valence-electron chi connectivity index (χ1n) is 7.37. The second kappa shape index (κ2) is 7.58. The topological polar surface area (TPSA) is 159 Å². The Morgan fingerprint density at radius 1 is 1.30 bits per heavy atom. The molecule has 14 heteroatoms. The summed E-state index contributed by atoms with van der Waals surface area (Å²) in [5.41, 5.74) is 0.324. The van der Waals surface area contributed by atoms with Crippen molar-refractivity contribution in [3.05, 3.63) is 39.0 Å². The number of benzene rings is 1. The van der Waals surface area contributed by atoms with Gasteiger partial charge in [-0.15, -0.1) is 0 Å². The van der Waals surface area contributed by atoms with E-state index in [0.717, 1.165) is 10.6 Å². The molecule has 0 spiro atoms. The molecule has 11 nitrogen and oxygen atoms in total. The van der Waals surface area contributed by atoms with Gasteiger partial charge >= 0.3 is 5.76 Å². The zero-order valence-corrected chi connectivity index (χ0v) is 15.8. The summed E-state index contributed by atoms with van der Waals surface area (Å²) in [5.74, 6) is -1.48. The standard InChI is InChI=1S/C13H12BrFN6O5S/c14-8-6-7(2-3-9(8)15)21-12(20-25-13(21)22)10-11(19-26-18-10)17-4-1-5-27(16,23)24/h2-3,6H,1,4-5H2,(H,17,19)(H2,16,23,24). The Hall–Kier alpha value is -2.58. The summed E-state index contributed by atoms with van der Waals surface area (Å²) in [5, 5.41) is 18.8. The smallest absolute Gasteiger partial charge is 0.365 e. The molecule has 3 aromatic rings. The Labute approximate surface area is 159 Å². The number of nitrogens with two attached hydrogens (primary N) is 1. The van der Waals surface area contributed by atoms with Gasteiger partial charge in [0.15, 0.2) is 5.69 Å². The van der Waals surface area contributed by atoms with Crippen LogP contribution in [0.4, 0.5) is 10.2 Å². The molecule has 0 radical (unpaired) electrons. The predicted molar refractivity (Wildman–Crippen MR) is 94.1 cm³/mol. The number of sulfonamides is 1. The second-order valence-corrected chi connectivity index (χ2v) is 7.90. The van der Waals surface area contributed by atoms with Gasteiger partial charge in [0.05, 0.1) is 15.9 Å². The summed E-state index contributed by atoms with van der Waals surface area (Å²) in [4.78, 5) is 12.1. The Morgan fingerprint density at radius 2 is 2.07 bits per heavy atom. The van der Waals surface area contributed by atoms with Gasteiger partial charge in [-0.05, 0) is 50.9 Å². The number of nitrogens with zero attached hydrogens (tertiary/aromatic N) is 4. The summed E-state index contributed by atoms with van der Waals surface area (Å²) in [7, 11) is -3.58. The number of anilines is 1. The van der Waals surface area contributed by atoms with E-state index >= 15 is 0 Å². The van der Waals surface area contributed by atoms with Crippen LogP contribution >= 0.6 is 15.9 Å². The molecule has 2 heterocycles. The number of halogens is 2. The number of primary sulfonamides is 1. The molecular formula is C13H12BrFN6O5S. The van der Waals surface area contributed by atoms with Crippen LogP contribution in [0.2, 0.25) is 0 Å². The van der Waals surface area contributed by atoms with Crippen LogP contribution in [0, 0.1) is 5.82 Å². The van der Waals surface area contributed by atoms with Crippen LogP contribution in [-0.4, -0.2) is 40.8 Å². The van der Waals surface area contributed by atoms with Crippen LogP contribution < -0.4 is 16.2 Å². The van der Waals surface area contributed by atoms with Gasteiger partial charge in [0, 0.05) is 6.54 Å². The quantitative estimate of drug-likeness (QED) is 0.485. The third kappa shape index (κ3) is 4.40. The molecule has 0 saturated carbocycles. The fourth-order valence-electron chi connectivity index (χ4n) is 2.18. The van der Waals surface area contributed by atoms with Crippen molar-refractivity contribution in [2.45, 2.75) is 6.42 Å². The molecule has 1 aromatic carbocycles. The Morgan fingerprint density at radius 3 is 2.78 bits per heavy atom. The van der Waals surface area contributed by atoms with Crippen molar-refractivity contribution in [3.8, 4) is 17.2 Å². The highest BCUT2D eigenvalue weighted by Crippen LogP contribution is 2.26. The minimum absolute atomic E-state index is 0.0336. The van der Waals surface area contributed by atoms with Crippen LogP contribution in [0.25, 0.3) is 17.2 Å². The van der Waals surface area contributed by atoms with Crippen molar-refractivity contribution in [1.29, 1.82) is 0 Å². The maximum Gasteiger partial charge on any atom is 0.446 e. The number of nitrogens with one attached hydrogen (secondary N) is 1. The highest BCUT2D eigenvalue weighted by molar-refractivity contribution is 9.10. The first kappa shape index (κ1) is 19.2. The van der Waals surface area contributed by atoms with E-state index in [1.54, 1.807) is 0 Å². The molecule has 3 N–H and O–H groups in total. The summed E-state index contributed by atoms with van der Waals surface area (Å²) >= 11 is 3.04. The monoisotopic (exact) mass is 462 g/mol. The van der Waals surface area contributed by atoms with E-state index in [2.05, 4.69) is 45.9 Å². The van der Waals surface area contributed by atoms with E-state index < -0.39 is 21.6 Å². The van der Waals surface area contributed by atoms with Gasteiger partial charge in [-0.3, -0.25) is 4.52 Å². The third-order valence-electron chi connectivity index (χ3n) is 3.36. The molecule has 3 rings (SSSR count). The van der Waals surface area contributed by atoms with Gasteiger partial charge in [0.25, 0.3) is 0 Å². The molecule has 0 aliphatic heterocycles.